The summed E-state index contributed by atoms with van der Waals surface area (Å²) < 4.78 is 0. The minimum Gasteiger partial charge on any atom is -0.397 e. The van der Waals surface area contributed by atoms with Crippen LogP contribution in [0.15, 0.2) is 12.3 Å². The van der Waals surface area contributed by atoms with Crippen LogP contribution >= 0.6 is 0 Å². The topological polar surface area (TPSA) is 71.2 Å². The number of pyridine rings is 1. The first-order valence-corrected chi connectivity index (χ1v) is 6.29. The number of nitrogen functional groups attached to an aromatic ring is 1. The van der Waals surface area contributed by atoms with Crippen molar-refractivity contribution in [3.05, 3.63) is 17.8 Å². The van der Waals surface area contributed by atoms with E-state index in [1.807, 2.05) is 13.0 Å². The van der Waals surface area contributed by atoms with Crippen molar-refractivity contribution in [2.24, 2.45) is 5.92 Å². The van der Waals surface area contributed by atoms with Gasteiger partial charge in [-0.3, -0.25) is 0 Å². The lowest BCUT2D eigenvalue weighted by Crippen LogP contribution is -2.25. The van der Waals surface area contributed by atoms with Crippen molar-refractivity contribution in [2.45, 2.75) is 38.7 Å². The van der Waals surface area contributed by atoms with E-state index in [4.69, 9.17) is 5.73 Å². The number of nitrogens with two attached hydrogens (primary N) is 1. The van der Waals surface area contributed by atoms with Crippen LogP contribution in [-0.2, 0) is 0 Å². The molecule has 1 heterocycles. The van der Waals surface area contributed by atoms with E-state index < -0.39 is 0 Å². The first-order chi connectivity index (χ1) is 8.15. The fourth-order valence-electron chi connectivity index (χ4n) is 2.36. The molecule has 2 unspecified atom stereocenters. The summed E-state index contributed by atoms with van der Waals surface area (Å²) in [5, 5.41) is 12.9. The van der Waals surface area contributed by atoms with Gasteiger partial charge in [-0.25, -0.2) is 4.98 Å². The molecule has 1 aliphatic carbocycles. The molecule has 0 aliphatic heterocycles. The van der Waals surface area contributed by atoms with Gasteiger partial charge in [0, 0.05) is 6.54 Å². The van der Waals surface area contributed by atoms with E-state index >= 15 is 0 Å². The predicted molar refractivity (Wildman–Crippen MR) is 69.8 cm³/mol. The van der Waals surface area contributed by atoms with Crippen LogP contribution in [0.25, 0.3) is 0 Å². The van der Waals surface area contributed by atoms with Crippen LogP contribution in [0, 0.1) is 12.8 Å². The molecule has 0 bridgehead atoms. The number of aromatic nitrogens is 1. The van der Waals surface area contributed by atoms with Crippen molar-refractivity contribution < 1.29 is 5.11 Å². The smallest absolute Gasteiger partial charge is 0.126 e. The Kier molecular flexibility index (Phi) is 3.84. The van der Waals surface area contributed by atoms with Crippen LogP contribution < -0.4 is 11.1 Å². The minimum absolute atomic E-state index is 0.114. The molecular formula is C13H21N3O. The molecule has 0 aromatic carbocycles. The van der Waals surface area contributed by atoms with Crippen molar-refractivity contribution in [2.75, 3.05) is 17.6 Å². The number of anilines is 2. The maximum absolute atomic E-state index is 9.60. The molecule has 1 aliphatic rings. The van der Waals surface area contributed by atoms with E-state index in [0.29, 0.717) is 5.92 Å². The van der Waals surface area contributed by atoms with Crippen molar-refractivity contribution >= 4 is 11.5 Å². The third-order valence-electron chi connectivity index (χ3n) is 3.48. The number of hydrogen-bond donors (Lipinski definition) is 3. The number of nitrogens with one attached hydrogen (secondary N) is 1. The average molecular weight is 235 g/mol. The molecule has 0 spiro atoms. The summed E-state index contributed by atoms with van der Waals surface area (Å²) in [6, 6.07) is 1.97. The summed E-state index contributed by atoms with van der Waals surface area (Å²) >= 11 is 0. The molecule has 4 N–H and O–H groups in total. The first-order valence-electron chi connectivity index (χ1n) is 6.29. The fourth-order valence-corrected chi connectivity index (χ4v) is 2.36. The van der Waals surface area contributed by atoms with Gasteiger partial charge >= 0.3 is 0 Å². The van der Waals surface area contributed by atoms with E-state index in [0.717, 1.165) is 42.9 Å². The van der Waals surface area contributed by atoms with Crippen LogP contribution in [-0.4, -0.2) is 22.7 Å². The highest BCUT2D eigenvalue weighted by molar-refractivity contribution is 5.50. The Morgan fingerprint density at radius 3 is 3.06 bits per heavy atom. The molecule has 4 nitrogen and oxygen atoms in total. The van der Waals surface area contributed by atoms with Gasteiger partial charge in [0.15, 0.2) is 0 Å². The van der Waals surface area contributed by atoms with Crippen LogP contribution in [0.4, 0.5) is 11.5 Å². The van der Waals surface area contributed by atoms with E-state index in [9.17, 15) is 5.11 Å². The lowest BCUT2D eigenvalue weighted by Gasteiger charge is -2.26. The number of aliphatic hydroxyl groups excluding tert-OH is 1. The highest BCUT2D eigenvalue weighted by Gasteiger charge is 2.19. The molecule has 1 aromatic rings. The second-order valence-corrected chi connectivity index (χ2v) is 4.99. The summed E-state index contributed by atoms with van der Waals surface area (Å²) in [6.45, 7) is 2.86. The third-order valence-corrected chi connectivity index (χ3v) is 3.48. The summed E-state index contributed by atoms with van der Waals surface area (Å²) in [7, 11) is 0. The second kappa shape index (κ2) is 5.36. The third kappa shape index (κ3) is 3.33. The van der Waals surface area contributed by atoms with Gasteiger partial charge in [-0.05, 0) is 43.7 Å². The number of aryl methyl sites for hydroxylation is 1. The van der Waals surface area contributed by atoms with E-state index in [1.165, 1.54) is 6.42 Å². The Labute approximate surface area is 102 Å². The molecule has 1 fully saturated rings. The Balaban J connectivity index is 1.86. The second-order valence-electron chi connectivity index (χ2n) is 4.99. The molecular weight excluding hydrogens is 214 g/mol. The van der Waals surface area contributed by atoms with Gasteiger partial charge < -0.3 is 16.2 Å². The summed E-state index contributed by atoms with van der Waals surface area (Å²) in [6.07, 6.45) is 5.75. The van der Waals surface area contributed by atoms with Gasteiger partial charge in [-0.2, -0.15) is 0 Å². The maximum Gasteiger partial charge on any atom is 0.126 e. The molecule has 0 amide bonds. The number of hydrogen-bond acceptors (Lipinski definition) is 4. The molecule has 2 rings (SSSR count). The van der Waals surface area contributed by atoms with Crippen LogP contribution in [0.2, 0.25) is 0 Å². The zero-order chi connectivity index (χ0) is 12.3. The normalized spacial score (nSPS) is 24.6. The van der Waals surface area contributed by atoms with Crippen molar-refractivity contribution in [3.8, 4) is 0 Å². The van der Waals surface area contributed by atoms with Crippen LogP contribution in [0.5, 0.6) is 0 Å². The van der Waals surface area contributed by atoms with E-state index in [2.05, 4.69) is 10.3 Å². The standard InChI is InChI=1S/C13H21N3O/c1-9-5-13(16-8-12(9)14)15-7-10-3-2-4-11(17)6-10/h5,8,10-11,17H,2-4,6-7,14H2,1H3,(H,15,16). The van der Waals surface area contributed by atoms with Gasteiger partial charge in [0.2, 0.25) is 0 Å². The Morgan fingerprint density at radius 1 is 1.53 bits per heavy atom. The zero-order valence-corrected chi connectivity index (χ0v) is 10.3. The molecule has 1 aromatic heterocycles. The lowest BCUT2D eigenvalue weighted by molar-refractivity contribution is 0.104. The highest BCUT2D eigenvalue weighted by atomic mass is 16.3. The first kappa shape index (κ1) is 12.2. The number of nitrogens with zero attached hydrogens (tertiary/aromatic N) is 1. The van der Waals surface area contributed by atoms with Gasteiger partial charge in [0.25, 0.3) is 0 Å². The highest BCUT2D eigenvalue weighted by Crippen LogP contribution is 2.24. The minimum atomic E-state index is -0.114. The summed E-state index contributed by atoms with van der Waals surface area (Å²) in [5.41, 5.74) is 7.50. The molecule has 4 heteroatoms. The molecule has 17 heavy (non-hydrogen) atoms. The monoisotopic (exact) mass is 235 g/mol. The fraction of sp³-hybridized carbons (Fsp3) is 0.615. The van der Waals surface area contributed by atoms with Crippen LogP contribution in [0.3, 0.4) is 0 Å². The Hall–Kier alpha value is -1.29. The zero-order valence-electron chi connectivity index (χ0n) is 10.3. The van der Waals surface area contributed by atoms with Gasteiger partial charge in [-0.15, -0.1) is 0 Å². The predicted octanol–water partition coefficient (Wildman–Crippen LogP) is 1.94. The molecule has 2 atom stereocenters. The Morgan fingerprint density at radius 2 is 2.35 bits per heavy atom. The van der Waals surface area contributed by atoms with E-state index in [1.54, 1.807) is 6.20 Å². The van der Waals surface area contributed by atoms with Crippen molar-refractivity contribution in [3.63, 3.8) is 0 Å². The van der Waals surface area contributed by atoms with Gasteiger partial charge in [0.05, 0.1) is 18.0 Å². The van der Waals surface area contributed by atoms with Crippen molar-refractivity contribution in [1.29, 1.82) is 0 Å². The quantitative estimate of drug-likeness (QED) is 0.748. The van der Waals surface area contributed by atoms with Crippen LogP contribution in [0.1, 0.15) is 31.2 Å². The molecule has 1 saturated carbocycles. The number of rotatable bonds is 3. The average Bonchev–Trinajstić information content (AvgIpc) is 2.31. The molecule has 0 saturated heterocycles. The molecule has 94 valence electrons. The summed E-state index contributed by atoms with van der Waals surface area (Å²) in [4.78, 5) is 4.24. The van der Waals surface area contributed by atoms with Gasteiger partial charge in [0.1, 0.15) is 5.82 Å². The SMILES string of the molecule is Cc1cc(NCC2CCCC(O)C2)ncc1N. The Bertz CT molecular complexity index is 381. The lowest BCUT2D eigenvalue weighted by atomic mass is 9.87. The van der Waals surface area contributed by atoms with E-state index in [-0.39, 0.29) is 6.10 Å². The maximum atomic E-state index is 9.60. The number of aliphatic hydroxyl groups is 1. The largest absolute Gasteiger partial charge is 0.397 e. The summed E-state index contributed by atoms with van der Waals surface area (Å²) in [5.74, 6) is 1.43. The van der Waals surface area contributed by atoms with Gasteiger partial charge in [-0.1, -0.05) is 6.42 Å². The van der Waals surface area contributed by atoms with Crippen molar-refractivity contribution in [1.82, 2.24) is 4.98 Å². The molecule has 0 radical (unpaired) electrons.